The normalized spacial score (nSPS) is 12.4. The Morgan fingerprint density at radius 3 is 2.81 bits per heavy atom. The van der Waals surface area contributed by atoms with E-state index >= 15 is 0 Å². The van der Waals surface area contributed by atoms with Gasteiger partial charge in [0.15, 0.2) is 0 Å². The Morgan fingerprint density at radius 1 is 1.38 bits per heavy atom. The van der Waals surface area contributed by atoms with Crippen molar-refractivity contribution >= 4 is 0 Å². The molecule has 0 aliphatic rings. The summed E-state index contributed by atoms with van der Waals surface area (Å²) in [6, 6.07) is 2.22. The Bertz CT molecular complexity index is 604. The lowest BCUT2D eigenvalue weighted by Gasteiger charge is -2.13. The van der Waals surface area contributed by atoms with E-state index in [1.165, 1.54) is 5.56 Å². The predicted molar refractivity (Wildman–Crippen MR) is 85.6 cm³/mol. The quantitative estimate of drug-likeness (QED) is 0.886. The Kier molecular flexibility index (Phi) is 5.02. The van der Waals surface area contributed by atoms with Crippen molar-refractivity contribution < 1.29 is 4.74 Å². The van der Waals surface area contributed by atoms with Crippen molar-refractivity contribution in [2.75, 3.05) is 7.11 Å². The Labute approximate surface area is 127 Å². The van der Waals surface area contributed by atoms with Crippen LogP contribution in [0.5, 0.6) is 5.75 Å². The second-order valence-corrected chi connectivity index (χ2v) is 5.56. The number of nitrogens with two attached hydrogens (primary N) is 1. The van der Waals surface area contributed by atoms with Gasteiger partial charge in [0, 0.05) is 35.8 Å². The third kappa shape index (κ3) is 3.45. The number of hydrogen-bond acceptors (Lipinski definition) is 3. The zero-order chi connectivity index (χ0) is 15.4. The molecular weight excluding hydrogens is 262 g/mol. The largest absolute Gasteiger partial charge is 0.496 e. The smallest absolute Gasteiger partial charge is 0.128 e. The van der Waals surface area contributed by atoms with Gasteiger partial charge in [0.05, 0.1) is 19.3 Å². The van der Waals surface area contributed by atoms with Gasteiger partial charge in [-0.05, 0) is 31.9 Å². The molecule has 114 valence electrons. The molecular formula is C17H25N3O. The van der Waals surface area contributed by atoms with Crippen molar-refractivity contribution in [1.82, 2.24) is 9.55 Å². The van der Waals surface area contributed by atoms with E-state index in [0.717, 1.165) is 42.0 Å². The number of hydrogen-bond donors (Lipinski definition) is 1. The highest BCUT2D eigenvalue weighted by Gasteiger charge is 2.11. The lowest BCUT2D eigenvalue weighted by atomic mass is 10.1. The van der Waals surface area contributed by atoms with Crippen LogP contribution in [0.1, 0.15) is 48.2 Å². The monoisotopic (exact) mass is 287 g/mol. The van der Waals surface area contributed by atoms with Gasteiger partial charge in [-0.1, -0.05) is 13.3 Å². The van der Waals surface area contributed by atoms with Gasteiger partial charge in [0.2, 0.25) is 0 Å². The first-order valence-electron chi connectivity index (χ1n) is 7.47. The molecule has 0 radical (unpaired) electrons. The molecule has 2 aromatic heterocycles. The second-order valence-electron chi connectivity index (χ2n) is 5.56. The average molecular weight is 287 g/mol. The molecule has 4 heteroatoms. The van der Waals surface area contributed by atoms with Gasteiger partial charge < -0.3 is 15.0 Å². The summed E-state index contributed by atoms with van der Waals surface area (Å²) >= 11 is 0. The summed E-state index contributed by atoms with van der Waals surface area (Å²) in [4.78, 5) is 4.54. The fourth-order valence-corrected chi connectivity index (χ4v) is 2.66. The maximum absolute atomic E-state index is 6.16. The number of aromatic nitrogens is 2. The highest BCUT2D eigenvalue weighted by Crippen LogP contribution is 2.25. The molecule has 0 spiro atoms. The number of rotatable bonds is 6. The molecule has 0 aromatic carbocycles. The molecule has 0 aliphatic carbocycles. The van der Waals surface area contributed by atoms with E-state index in [1.54, 1.807) is 7.11 Å². The molecule has 2 heterocycles. The van der Waals surface area contributed by atoms with Gasteiger partial charge in [0.1, 0.15) is 5.75 Å². The molecule has 0 aliphatic heterocycles. The van der Waals surface area contributed by atoms with E-state index in [4.69, 9.17) is 10.5 Å². The fraction of sp³-hybridized carbons (Fsp3) is 0.471. The Balaban J connectivity index is 2.19. The first-order valence-corrected chi connectivity index (χ1v) is 7.47. The molecule has 0 amide bonds. The van der Waals surface area contributed by atoms with Crippen LogP contribution in [0, 0.1) is 13.8 Å². The second kappa shape index (κ2) is 6.76. The summed E-state index contributed by atoms with van der Waals surface area (Å²) in [6.45, 7) is 6.96. The lowest BCUT2D eigenvalue weighted by molar-refractivity contribution is 0.406. The van der Waals surface area contributed by atoms with Gasteiger partial charge in [0.25, 0.3) is 0 Å². The maximum atomic E-state index is 6.16. The van der Waals surface area contributed by atoms with Crippen LogP contribution in [0.2, 0.25) is 0 Å². The zero-order valence-electron chi connectivity index (χ0n) is 13.4. The van der Waals surface area contributed by atoms with Crippen LogP contribution in [0.3, 0.4) is 0 Å². The predicted octanol–water partition coefficient (Wildman–Crippen LogP) is 3.36. The van der Waals surface area contributed by atoms with E-state index < -0.39 is 0 Å². The molecule has 4 nitrogen and oxygen atoms in total. The van der Waals surface area contributed by atoms with Crippen molar-refractivity contribution in [3.05, 3.63) is 47.0 Å². The van der Waals surface area contributed by atoms with Crippen molar-refractivity contribution in [1.29, 1.82) is 0 Å². The summed E-state index contributed by atoms with van der Waals surface area (Å²) in [5.74, 6) is 0.926. The van der Waals surface area contributed by atoms with Crippen LogP contribution in [0.4, 0.5) is 0 Å². The topological polar surface area (TPSA) is 53.1 Å². The minimum atomic E-state index is 0.123. The van der Waals surface area contributed by atoms with Gasteiger partial charge in [-0.3, -0.25) is 4.98 Å². The number of ether oxygens (including phenoxy) is 1. The van der Waals surface area contributed by atoms with E-state index in [2.05, 4.69) is 41.9 Å². The van der Waals surface area contributed by atoms with Gasteiger partial charge in [-0.15, -0.1) is 0 Å². The highest BCUT2D eigenvalue weighted by molar-refractivity contribution is 5.41. The standard InChI is InChI=1S/C17H25N3O/c1-5-6-15(18)14-7-8-20(10-14)11-16-13(3)17(21-4)12(2)9-19-16/h7-10,15H,5-6,11,18H2,1-4H3. The molecule has 21 heavy (non-hydrogen) atoms. The van der Waals surface area contributed by atoms with Crippen LogP contribution in [-0.4, -0.2) is 16.7 Å². The summed E-state index contributed by atoms with van der Waals surface area (Å²) in [7, 11) is 1.71. The summed E-state index contributed by atoms with van der Waals surface area (Å²) in [5, 5.41) is 0. The Morgan fingerprint density at radius 2 is 2.14 bits per heavy atom. The third-order valence-corrected chi connectivity index (χ3v) is 3.88. The van der Waals surface area contributed by atoms with Crippen LogP contribution in [0.15, 0.2) is 24.7 Å². The van der Waals surface area contributed by atoms with Gasteiger partial charge >= 0.3 is 0 Å². The van der Waals surface area contributed by atoms with Crippen LogP contribution < -0.4 is 10.5 Å². The summed E-state index contributed by atoms with van der Waals surface area (Å²) in [5.41, 5.74) is 10.5. The Hall–Kier alpha value is -1.81. The molecule has 1 atom stereocenters. The minimum Gasteiger partial charge on any atom is -0.496 e. The summed E-state index contributed by atoms with van der Waals surface area (Å²) in [6.07, 6.45) is 8.17. The molecule has 1 unspecified atom stereocenters. The van der Waals surface area contributed by atoms with Crippen LogP contribution in [0.25, 0.3) is 0 Å². The molecule has 0 saturated carbocycles. The van der Waals surface area contributed by atoms with E-state index in [0.29, 0.717) is 0 Å². The van der Waals surface area contributed by atoms with Crippen molar-refractivity contribution in [3.63, 3.8) is 0 Å². The SMILES string of the molecule is CCCC(N)c1ccn(Cc2ncc(C)c(OC)c2C)c1. The first kappa shape index (κ1) is 15.6. The van der Waals surface area contributed by atoms with Gasteiger partial charge in [-0.25, -0.2) is 0 Å². The zero-order valence-corrected chi connectivity index (χ0v) is 13.4. The molecule has 0 saturated heterocycles. The molecule has 2 N–H and O–H groups in total. The number of pyridine rings is 1. The van der Waals surface area contributed by atoms with Crippen LogP contribution in [-0.2, 0) is 6.54 Å². The molecule has 2 aromatic rings. The first-order chi connectivity index (χ1) is 10.1. The summed E-state index contributed by atoms with van der Waals surface area (Å²) < 4.78 is 7.59. The number of methoxy groups -OCH3 is 1. The minimum absolute atomic E-state index is 0.123. The fourth-order valence-electron chi connectivity index (χ4n) is 2.66. The van der Waals surface area contributed by atoms with Crippen molar-refractivity contribution in [3.8, 4) is 5.75 Å². The van der Waals surface area contributed by atoms with Gasteiger partial charge in [-0.2, -0.15) is 0 Å². The van der Waals surface area contributed by atoms with Crippen molar-refractivity contribution in [2.45, 2.75) is 46.2 Å². The van der Waals surface area contributed by atoms with E-state index in [9.17, 15) is 0 Å². The molecule has 0 fully saturated rings. The number of aryl methyl sites for hydroxylation is 1. The molecule has 0 bridgehead atoms. The maximum Gasteiger partial charge on any atom is 0.128 e. The van der Waals surface area contributed by atoms with E-state index in [1.807, 2.05) is 13.1 Å². The van der Waals surface area contributed by atoms with Crippen LogP contribution >= 0.6 is 0 Å². The molecule has 2 rings (SSSR count). The van der Waals surface area contributed by atoms with E-state index in [-0.39, 0.29) is 6.04 Å². The number of nitrogens with zero attached hydrogens (tertiary/aromatic N) is 2. The van der Waals surface area contributed by atoms with Crippen molar-refractivity contribution in [2.24, 2.45) is 5.73 Å². The average Bonchev–Trinajstić information content (AvgIpc) is 2.92. The third-order valence-electron chi connectivity index (χ3n) is 3.88. The lowest BCUT2D eigenvalue weighted by Crippen LogP contribution is -2.09. The highest BCUT2D eigenvalue weighted by atomic mass is 16.5.